The van der Waals surface area contributed by atoms with Crippen molar-refractivity contribution >= 4 is 0 Å². The summed E-state index contributed by atoms with van der Waals surface area (Å²) >= 11 is 0. The first-order valence-corrected chi connectivity index (χ1v) is 8.99. The fourth-order valence-corrected chi connectivity index (χ4v) is 4.96. The van der Waals surface area contributed by atoms with E-state index in [1.807, 2.05) is 30.3 Å². The number of benzene rings is 1. The third-order valence-electron chi connectivity index (χ3n) is 6.19. The van der Waals surface area contributed by atoms with E-state index >= 15 is 0 Å². The molecule has 0 aromatic heterocycles. The Morgan fingerprint density at radius 1 is 1.00 bits per heavy atom. The van der Waals surface area contributed by atoms with Gasteiger partial charge in [0.2, 0.25) is 0 Å². The number of aliphatic hydroxyl groups excluding tert-OH is 1. The van der Waals surface area contributed by atoms with E-state index in [1.54, 1.807) is 0 Å². The van der Waals surface area contributed by atoms with Gasteiger partial charge in [0, 0.05) is 38.8 Å². The van der Waals surface area contributed by atoms with E-state index in [0.29, 0.717) is 0 Å². The molecule has 1 N–H and O–H groups in total. The molecule has 0 amide bonds. The van der Waals surface area contributed by atoms with E-state index in [1.165, 1.54) is 38.8 Å². The number of piperazine rings is 1. The molecule has 3 heteroatoms. The van der Waals surface area contributed by atoms with Crippen LogP contribution in [0.15, 0.2) is 30.3 Å². The maximum absolute atomic E-state index is 10.4. The van der Waals surface area contributed by atoms with E-state index in [4.69, 9.17) is 0 Å². The Morgan fingerprint density at radius 2 is 1.77 bits per heavy atom. The molecule has 0 spiro atoms. The second kappa shape index (κ2) is 6.31. The molecule has 3 nitrogen and oxygen atoms in total. The first-order valence-electron chi connectivity index (χ1n) is 8.99. The molecule has 1 saturated heterocycles. The van der Waals surface area contributed by atoms with Crippen molar-refractivity contribution in [3.8, 4) is 0 Å². The van der Waals surface area contributed by atoms with Crippen molar-refractivity contribution in [3.05, 3.63) is 35.9 Å². The zero-order valence-electron chi connectivity index (χ0n) is 13.4. The van der Waals surface area contributed by atoms with Crippen molar-refractivity contribution in [1.29, 1.82) is 0 Å². The highest BCUT2D eigenvalue weighted by Gasteiger charge is 2.42. The minimum absolute atomic E-state index is 0.352. The molecule has 2 bridgehead atoms. The zero-order valence-corrected chi connectivity index (χ0v) is 13.4. The summed E-state index contributed by atoms with van der Waals surface area (Å²) in [5.41, 5.74) is 1.04. The van der Waals surface area contributed by atoms with Gasteiger partial charge in [-0.1, -0.05) is 36.8 Å². The maximum Gasteiger partial charge on any atom is 0.0916 e. The molecule has 2 aliphatic carbocycles. The van der Waals surface area contributed by atoms with Gasteiger partial charge < -0.3 is 5.11 Å². The number of nitrogens with zero attached hydrogens (tertiary/aromatic N) is 2. The first-order chi connectivity index (χ1) is 10.8. The topological polar surface area (TPSA) is 26.7 Å². The first kappa shape index (κ1) is 14.7. The average molecular weight is 300 g/mol. The van der Waals surface area contributed by atoms with Crippen LogP contribution in [0.25, 0.3) is 0 Å². The van der Waals surface area contributed by atoms with Gasteiger partial charge in [0.25, 0.3) is 0 Å². The summed E-state index contributed by atoms with van der Waals surface area (Å²) in [5.74, 6) is 2.03. The monoisotopic (exact) mass is 300 g/mol. The normalized spacial score (nSPS) is 34.1. The molecule has 1 aromatic rings. The van der Waals surface area contributed by atoms with Crippen LogP contribution in [0.1, 0.15) is 37.4 Å². The van der Waals surface area contributed by atoms with E-state index in [2.05, 4.69) is 9.80 Å². The molecule has 1 aromatic carbocycles. The standard InChI is InChI=1S/C19H28N2O/c22-19(16-4-2-1-3-5-16)14-20-8-10-21(11-9-20)18-13-15-6-7-17(18)12-15/h1-5,15,17-19,22H,6-14H2. The van der Waals surface area contributed by atoms with Crippen molar-refractivity contribution in [2.75, 3.05) is 32.7 Å². The van der Waals surface area contributed by atoms with Gasteiger partial charge in [0.15, 0.2) is 0 Å². The fraction of sp³-hybridized carbons (Fsp3) is 0.684. The van der Waals surface area contributed by atoms with E-state index in [9.17, 15) is 5.11 Å². The van der Waals surface area contributed by atoms with Crippen LogP contribution in [-0.2, 0) is 0 Å². The minimum Gasteiger partial charge on any atom is -0.387 e. The van der Waals surface area contributed by atoms with Crippen molar-refractivity contribution in [1.82, 2.24) is 9.80 Å². The summed E-state index contributed by atoms with van der Waals surface area (Å²) in [4.78, 5) is 5.18. The van der Waals surface area contributed by atoms with Gasteiger partial charge in [-0.3, -0.25) is 9.80 Å². The SMILES string of the molecule is OC(CN1CCN(C2CC3CCC2C3)CC1)c1ccccc1. The second-order valence-corrected chi connectivity index (χ2v) is 7.51. The van der Waals surface area contributed by atoms with Gasteiger partial charge in [0.1, 0.15) is 0 Å². The lowest BCUT2D eigenvalue weighted by atomic mass is 9.93. The van der Waals surface area contributed by atoms with Crippen LogP contribution in [-0.4, -0.2) is 53.7 Å². The Bertz CT molecular complexity index is 483. The van der Waals surface area contributed by atoms with E-state index in [-0.39, 0.29) is 6.10 Å². The maximum atomic E-state index is 10.4. The Hall–Kier alpha value is -0.900. The highest BCUT2D eigenvalue weighted by Crippen LogP contribution is 2.46. The fourth-order valence-electron chi connectivity index (χ4n) is 4.96. The predicted molar refractivity (Wildman–Crippen MR) is 88.7 cm³/mol. The van der Waals surface area contributed by atoms with Crippen molar-refractivity contribution in [2.24, 2.45) is 11.8 Å². The van der Waals surface area contributed by atoms with Gasteiger partial charge in [-0.15, -0.1) is 0 Å². The molecule has 1 aliphatic heterocycles. The van der Waals surface area contributed by atoms with Gasteiger partial charge in [-0.2, -0.15) is 0 Å². The van der Waals surface area contributed by atoms with Crippen LogP contribution in [0.4, 0.5) is 0 Å². The molecule has 3 fully saturated rings. The van der Waals surface area contributed by atoms with Crippen molar-refractivity contribution < 1.29 is 5.11 Å². The molecule has 4 unspecified atom stereocenters. The Kier molecular flexibility index (Phi) is 4.21. The minimum atomic E-state index is -0.352. The summed E-state index contributed by atoms with van der Waals surface area (Å²) in [7, 11) is 0. The summed E-state index contributed by atoms with van der Waals surface area (Å²) in [5, 5.41) is 10.4. The van der Waals surface area contributed by atoms with E-state index < -0.39 is 0 Å². The number of rotatable bonds is 4. The molecule has 22 heavy (non-hydrogen) atoms. The van der Waals surface area contributed by atoms with Crippen LogP contribution in [0, 0.1) is 11.8 Å². The lowest BCUT2D eigenvalue weighted by Crippen LogP contribution is -2.52. The molecular formula is C19H28N2O. The lowest BCUT2D eigenvalue weighted by Gasteiger charge is -2.41. The van der Waals surface area contributed by atoms with Crippen LogP contribution in [0.3, 0.4) is 0 Å². The number of fused-ring (bicyclic) bond motifs is 2. The lowest BCUT2D eigenvalue weighted by molar-refractivity contribution is 0.0429. The largest absolute Gasteiger partial charge is 0.387 e. The van der Waals surface area contributed by atoms with Crippen LogP contribution in [0.2, 0.25) is 0 Å². The number of hydrogen-bond acceptors (Lipinski definition) is 3. The average Bonchev–Trinajstić information content (AvgIpc) is 3.19. The van der Waals surface area contributed by atoms with E-state index in [0.717, 1.165) is 43.1 Å². The zero-order chi connectivity index (χ0) is 14.9. The molecule has 1 heterocycles. The number of aliphatic hydroxyl groups is 1. The van der Waals surface area contributed by atoms with Gasteiger partial charge in [0.05, 0.1) is 6.10 Å². The van der Waals surface area contributed by atoms with Crippen LogP contribution >= 0.6 is 0 Å². The Morgan fingerprint density at radius 3 is 2.41 bits per heavy atom. The van der Waals surface area contributed by atoms with Crippen LogP contribution in [0.5, 0.6) is 0 Å². The molecule has 2 saturated carbocycles. The van der Waals surface area contributed by atoms with Gasteiger partial charge in [-0.25, -0.2) is 0 Å². The second-order valence-electron chi connectivity index (χ2n) is 7.51. The molecule has 4 rings (SSSR count). The predicted octanol–water partition coefficient (Wildman–Crippen LogP) is 2.53. The van der Waals surface area contributed by atoms with Crippen molar-refractivity contribution in [2.45, 2.75) is 37.8 Å². The Balaban J connectivity index is 1.27. The summed E-state index contributed by atoms with van der Waals surface area (Å²) in [6.07, 6.45) is 5.57. The number of hydrogen-bond donors (Lipinski definition) is 1. The highest BCUT2D eigenvalue weighted by molar-refractivity contribution is 5.17. The molecule has 4 atom stereocenters. The number of β-amino-alcohol motifs (C(OH)–C–C–N with tert-alkyl or cyclic N) is 1. The van der Waals surface area contributed by atoms with Gasteiger partial charge in [-0.05, 0) is 36.7 Å². The third-order valence-corrected chi connectivity index (χ3v) is 6.19. The van der Waals surface area contributed by atoms with Crippen LogP contribution < -0.4 is 0 Å². The third kappa shape index (κ3) is 2.94. The molecular weight excluding hydrogens is 272 g/mol. The highest BCUT2D eigenvalue weighted by atomic mass is 16.3. The smallest absolute Gasteiger partial charge is 0.0916 e. The molecule has 0 radical (unpaired) electrons. The summed E-state index contributed by atoms with van der Waals surface area (Å²) in [6.45, 7) is 5.37. The molecule has 3 aliphatic rings. The summed E-state index contributed by atoms with van der Waals surface area (Å²) < 4.78 is 0. The molecule has 120 valence electrons. The van der Waals surface area contributed by atoms with Gasteiger partial charge >= 0.3 is 0 Å². The Labute approximate surface area is 133 Å². The quantitative estimate of drug-likeness (QED) is 0.925. The van der Waals surface area contributed by atoms with Crippen molar-refractivity contribution in [3.63, 3.8) is 0 Å². The summed E-state index contributed by atoms with van der Waals surface area (Å²) in [6, 6.07) is 10.9.